The van der Waals surface area contributed by atoms with Crippen LogP contribution in [0.5, 0.6) is 0 Å². The summed E-state index contributed by atoms with van der Waals surface area (Å²) >= 11 is 0. The SMILES string of the molecule is Cc1ccnc(NC2CCS(=O)(=O)CC2)c1C#N. The minimum Gasteiger partial charge on any atom is -0.366 e. The first-order chi connectivity index (χ1) is 8.52. The van der Waals surface area contributed by atoms with Gasteiger partial charge in [0.05, 0.1) is 17.1 Å². The maximum atomic E-state index is 11.3. The Balaban J connectivity index is 2.12. The molecule has 0 bridgehead atoms. The molecular formula is C12H15N3O2S. The highest BCUT2D eigenvalue weighted by Gasteiger charge is 2.24. The normalized spacial score (nSPS) is 19.1. The van der Waals surface area contributed by atoms with Gasteiger partial charge in [0.1, 0.15) is 21.7 Å². The van der Waals surface area contributed by atoms with Gasteiger partial charge in [0.15, 0.2) is 0 Å². The maximum Gasteiger partial charge on any atom is 0.150 e. The molecule has 2 heterocycles. The molecule has 0 radical (unpaired) electrons. The van der Waals surface area contributed by atoms with Crippen LogP contribution in [0, 0.1) is 18.3 Å². The zero-order chi connectivity index (χ0) is 13.2. The minimum absolute atomic E-state index is 0.0786. The highest BCUT2D eigenvalue weighted by molar-refractivity contribution is 7.91. The maximum absolute atomic E-state index is 11.3. The van der Waals surface area contributed by atoms with E-state index in [2.05, 4.69) is 16.4 Å². The molecule has 1 aromatic heterocycles. The van der Waals surface area contributed by atoms with Crippen LogP contribution in [0.3, 0.4) is 0 Å². The van der Waals surface area contributed by atoms with Gasteiger partial charge in [-0.3, -0.25) is 0 Å². The van der Waals surface area contributed by atoms with Gasteiger partial charge in [0.2, 0.25) is 0 Å². The first-order valence-electron chi connectivity index (χ1n) is 5.84. The summed E-state index contributed by atoms with van der Waals surface area (Å²) in [6.45, 7) is 1.86. The van der Waals surface area contributed by atoms with Crippen LogP contribution in [0.2, 0.25) is 0 Å². The molecule has 1 saturated heterocycles. The van der Waals surface area contributed by atoms with Gasteiger partial charge < -0.3 is 5.32 Å². The zero-order valence-electron chi connectivity index (χ0n) is 10.2. The Kier molecular flexibility index (Phi) is 3.53. The van der Waals surface area contributed by atoms with Crippen LogP contribution in [0.4, 0.5) is 5.82 Å². The molecule has 1 N–H and O–H groups in total. The van der Waals surface area contributed by atoms with Crippen molar-refractivity contribution < 1.29 is 8.42 Å². The summed E-state index contributed by atoms with van der Waals surface area (Å²) in [7, 11) is -2.86. The van der Waals surface area contributed by atoms with E-state index in [-0.39, 0.29) is 17.5 Å². The fourth-order valence-electron chi connectivity index (χ4n) is 2.04. The molecule has 0 aliphatic carbocycles. The molecule has 1 aliphatic rings. The molecule has 0 atom stereocenters. The number of nitriles is 1. The van der Waals surface area contributed by atoms with Gasteiger partial charge in [-0.05, 0) is 31.4 Å². The molecule has 1 fully saturated rings. The Bertz CT molecular complexity index is 576. The lowest BCUT2D eigenvalue weighted by Gasteiger charge is -2.24. The lowest BCUT2D eigenvalue weighted by Crippen LogP contribution is -2.32. The summed E-state index contributed by atoms with van der Waals surface area (Å²) in [4.78, 5) is 4.16. The van der Waals surface area contributed by atoms with E-state index in [1.165, 1.54) is 0 Å². The number of pyridine rings is 1. The molecule has 0 unspecified atom stereocenters. The van der Waals surface area contributed by atoms with Crippen molar-refractivity contribution in [3.05, 3.63) is 23.4 Å². The van der Waals surface area contributed by atoms with Gasteiger partial charge in [-0.15, -0.1) is 0 Å². The summed E-state index contributed by atoms with van der Waals surface area (Å²) in [5.74, 6) is 0.971. The number of hydrogen-bond donors (Lipinski definition) is 1. The Morgan fingerprint density at radius 2 is 2.11 bits per heavy atom. The number of sulfone groups is 1. The summed E-state index contributed by atoms with van der Waals surface area (Å²) < 4.78 is 22.7. The van der Waals surface area contributed by atoms with Crippen molar-refractivity contribution in [3.63, 3.8) is 0 Å². The first-order valence-corrected chi connectivity index (χ1v) is 7.66. The van der Waals surface area contributed by atoms with E-state index in [1.54, 1.807) is 12.3 Å². The number of nitrogens with zero attached hydrogens (tertiary/aromatic N) is 2. The molecule has 0 aromatic carbocycles. The van der Waals surface area contributed by atoms with E-state index in [1.807, 2.05) is 6.92 Å². The average Bonchev–Trinajstić information content (AvgIpc) is 2.32. The molecule has 96 valence electrons. The molecule has 2 rings (SSSR count). The van der Waals surface area contributed by atoms with Crippen LogP contribution in [0.15, 0.2) is 12.3 Å². The second kappa shape index (κ2) is 4.94. The predicted octanol–water partition coefficient (Wildman–Crippen LogP) is 1.25. The first kappa shape index (κ1) is 12.8. The minimum atomic E-state index is -2.86. The van der Waals surface area contributed by atoms with E-state index in [0.717, 1.165) is 5.56 Å². The lowest BCUT2D eigenvalue weighted by atomic mass is 10.1. The lowest BCUT2D eigenvalue weighted by molar-refractivity contribution is 0.559. The van der Waals surface area contributed by atoms with Crippen molar-refractivity contribution in [3.8, 4) is 6.07 Å². The van der Waals surface area contributed by atoms with Crippen molar-refractivity contribution in [2.45, 2.75) is 25.8 Å². The third-order valence-corrected chi connectivity index (χ3v) is 4.88. The van der Waals surface area contributed by atoms with Gasteiger partial charge in [0, 0.05) is 12.2 Å². The Morgan fingerprint density at radius 1 is 1.44 bits per heavy atom. The van der Waals surface area contributed by atoms with Crippen molar-refractivity contribution in [2.24, 2.45) is 0 Å². The highest BCUT2D eigenvalue weighted by atomic mass is 32.2. The van der Waals surface area contributed by atoms with Crippen LogP contribution in [0.25, 0.3) is 0 Å². The number of rotatable bonds is 2. The molecular weight excluding hydrogens is 250 g/mol. The van der Waals surface area contributed by atoms with Crippen molar-refractivity contribution in [2.75, 3.05) is 16.8 Å². The fraction of sp³-hybridized carbons (Fsp3) is 0.500. The topological polar surface area (TPSA) is 82.8 Å². The van der Waals surface area contributed by atoms with E-state index in [4.69, 9.17) is 5.26 Å². The summed E-state index contributed by atoms with van der Waals surface area (Å²) in [5, 5.41) is 12.3. The second-order valence-electron chi connectivity index (χ2n) is 4.53. The van der Waals surface area contributed by atoms with Crippen LogP contribution >= 0.6 is 0 Å². The number of aryl methyl sites for hydroxylation is 1. The predicted molar refractivity (Wildman–Crippen MR) is 69.0 cm³/mol. The number of nitrogens with one attached hydrogen (secondary N) is 1. The van der Waals surface area contributed by atoms with Crippen LogP contribution in [-0.2, 0) is 9.84 Å². The van der Waals surface area contributed by atoms with Gasteiger partial charge in [-0.2, -0.15) is 5.26 Å². The van der Waals surface area contributed by atoms with E-state index < -0.39 is 9.84 Å². The summed E-state index contributed by atoms with van der Waals surface area (Å²) in [6.07, 6.45) is 2.80. The molecule has 0 spiro atoms. The van der Waals surface area contributed by atoms with Crippen molar-refractivity contribution >= 4 is 15.7 Å². The van der Waals surface area contributed by atoms with Crippen LogP contribution < -0.4 is 5.32 Å². The number of hydrogen-bond acceptors (Lipinski definition) is 5. The van der Waals surface area contributed by atoms with Gasteiger partial charge in [-0.1, -0.05) is 0 Å². The fourth-order valence-corrected chi connectivity index (χ4v) is 3.53. The molecule has 0 amide bonds. The largest absolute Gasteiger partial charge is 0.366 e. The molecule has 18 heavy (non-hydrogen) atoms. The third-order valence-electron chi connectivity index (χ3n) is 3.17. The Morgan fingerprint density at radius 3 is 2.72 bits per heavy atom. The Labute approximate surface area is 107 Å². The smallest absolute Gasteiger partial charge is 0.150 e. The second-order valence-corrected chi connectivity index (χ2v) is 6.84. The van der Waals surface area contributed by atoms with Crippen molar-refractivity contribution in [1.82, 2.24) is 4.98 Å². The highest BCUT2D eigenvalue weighted by Crippen LogP contribution is 2.20. The molecule has 1 aliphatic heterocycles. The zero-order valence-corrected chi connectivity index (χ0v) is 11.0. The van der Waals surface area contributed by atoms with Crippen LogP contribution in [-0.4, -0.2) is 30.9 Å². The number of anilines is 1. The quantitative estimate of drug-likeness (QED) is 0.870. The molecule has 0 saturated carbocycles. The summed E-state index contributed by atoms with van der Waals surface area (Å²) in [6, 6.07) is 3.99. The monoisotopic (exact) mass is 265 g/mol. The molecule has 6 heteroatoms. The van der Waals surface area contributed by atoms with Crippen LogP contribution in [0.1, 0.15) is 24.0 Å². The van der Waals surface area contributed by atoms with Gasteiger partial charge >= 0.3 is 0 Å². The van der Waals surface area contributed by atoms with E-state index >= 15 is 0 Å². The molecule has 5 nitrogen and oxygen atoms in total. The van der Waals surface area contributed by atoms with Crippen molar-refractivity contribution in [1.29, 1.82) is 5.26 Å². The van der Waals surface area contributed by atoms with Gasteiger partial charge in [-0.25, -0.2) is 13.4 Å². The Hall–Kier alpha value is -1.61. The standard InChI is InChI=1S/C12H15N3O2S/c1-9-2-5-14-12(11(9)8-13)15-10-3-6-18(16,17)7-4-10/h2,5,10H,3-4,6-7H2,1H3,(H,14,15). The van der Waals surface area contributed by atoms with E-state index in [9.17, 15) is 8.42 Å². The van der Waals surface area contributed by atoms with Gasteiger partial charge in [0.25, 0.3) is 0 Å². The number of aromatic nitrogens is 1. The third kappa shape index (κ3) is 2.79. The van der Waals surface area contributed by atoms with E-state index in [0.29, 0.717) is 24.2 Å². The average molecular weight is 265 g/mol. The summed E-state index contributed by atoms with van der Waals surface area (Å²) in [5.41, 5.74) is 1.41. The molecule has 1 aromatic rings.